The first kappa shape index (κ1) is 29.9. The molecule has 41 heavy (non-hydrogen) atoms. The summed E-state index contributed by atoms with van der Waals surface area (Å²) >= 11 is 0. The zero-order valence-electron chi connectivity index (χ0n) is 21.3. The molecule has 0 bridgehead atoms. The van der Waals surface area contributed by atoms with Gasteiger partial charge in [-0.1, -0.05) is 54.6 Å². The van der Waals surface area contributed by atoms with Crippen LogP contribution in [0.5, 0.6) is 17.2 Å². The highest BCUT2D eigenvalue weighted by Gasteiger charge is 2.34. The third-order valence-electron chi connectivity index (χ3n) is 5.59. The number of nitrogens with one attached hydrogen (secondary N) is 2. The number of anilines is 1. The number of sulfonamides is 1. The molecule has 0 radical (unpaired) electrons. The molecule has 1 amide bonds. The van der Waals surface area contributed by atoms with Crippen molar-refractivity contribution in [2.45, 2.75) is 23.5 Å². The Bertz CT molecular complexity index is 1620. The van der Waals surface area contributed by atoms with Crippen LogP contribution in [0.1, 0.15) is 5.56 Å². The Morgan fingerprint density at radius 3 is 2.07 bits per heavy atom. The van der Waals surface area contributed by atoms with Gasteiger partial charge in [0.05, 0.1) is 4.90 Å². The van der Waals surface area contributed by atoms with Crippen LogP contribution in [0.25, 0.3) is 0 Å². The number of carbonyl (C=O) groups is 1. The van der Waals surface area contributed by atoms with Gasteiger partial charge < -0.3 is 19.5 Å². The van der Waals surface area contributed by atoms with E-state index in [2.05, 4.69) is 14.6 Å². The van der Waals surface area contributed by atoms with Crippen molar-refractivity contribution in [2.75, 3.05) is 5.32 Å². The molecule has 9 nitrogen and oxygen atoms in total. The lowest BCUT2D eigenvalue weighted by Gasteiger charge is -2.19. The second-order valence-corrected chi connectivity index (χ2v) is 12.1. The van der Waals surface area contributed by atoms with Crippen molar-refractivity contribution in [3.63, 3.8) is 0 Å². The molecule has 3 N–H and O–H groups in total. The van der Waals surface area contributed by atoms with Crippen molar-refractivity contribution >= 4 is 29.2 Å². The minimum absolute atomic E-state index is 0.0505. The van der Waals surface area contributed by atoms with E-state index in [-0.39, 0.29) is 17.1 Å². The predicted octanol–water partition coefficient (Wildman–Crippen LogP) is 5.79. The number of benzene rings is 4. The molecular weight excluding hydrogens is 577 g/mol. The first-order valence-electron chi connectivity index (χ1n) is 12.1. The van der Waals surface area contributed by atoms with Gasteiger partial charge in [-0.05, 0) is 60.5 Å². The quantitative estimate of drug-likeness (QED) is 0.175. The lowest BCUT2D eigenvalue weighted by molar-refractivity contribution is -0.117. The topological polar surface area (TPSA) is 131 Å². The Kier molecular flexibility index (Phi) is 9.51. The lowest BCUT2D eigenvalue weighted by Crippen LogP contribution is -2.45. The minimum atomic E-state index is -5.17. The van der Waals surface area contributed by atoms with Crippen molar-refractivity contribution in [1.82, 2.24) is 4.72 Å². The highest BCUT2D eigenvalue weighted by molar-refractivity contribution is 7.89. The summed E-state index contributed by atoms with van der Waals surface area (Å²) in [5.74, 6) is 0.0548. The van der Waals surface area contributed by atoms with Crippen molar-refractivity contribution in [1.29, 1.82) is 0 Å². The van der Waals surface area contributed by atoms with Crippen LogP contribution in [-0.4, -0.2) is 31.4 Å². The van der Waals surface area contributed by atoms with Gasteiger partial charge in [0.2, 0.25) is 15.9 Å². The van der Waals surface area contributed by atoms with E-state index in [9.17, 15) is 31.5 Å². The van der Waals surface area contributed by atoms with Gasteiger partial charge in [-0.3, -0.25) is 4.79 Å². The summed E-state index contributed by atoms with van der Waals surface area (Å²) < 4.78 is 75.7. The standard InChI is InChI=1S/C28H25F2N2O7PS/c29-28(30)40(34,35)39-23-16-14-20(15-17-23)18-26(32-41(36,37)25-12-5-2-6-13-25)27(33)31-21-8-7-11-24(19-21)38-22-9-3-1-4-10-22/h1-17,19,26,28,32H,18H2,(H,31,33)(H,34,35)/t26-/m0/s1. The van der Waals surface area contributed by atoms with Gasteiger partial charge in [-0.2, -0.15) is 13.5 Å². The number of rotatable bonds is 12. The van der Waals surface area contributed by atoms with Gasteiger partial charge in [0, 0.05) is 11.8 Å². The van der Waals surface area contributed by atoms with Crippen molar-refractivity contribution in [2.24, 2.45) is 0 Å². The molecule has 4 rings (SSSR count). The molecular formula is C28H25F2N2O7PS. The Hall–Kier alpha value is -4.09. The molecule has 4 aromatic carbocycles. The van der Waals surface area contributed by atoms with E-state index in [0.29, 0.717) is 22.7 Å². The number of hydrogen-bond acceptors (Lipinski definition) is 6. The first-order valence-corrected chi connectivity index (χ1v) is 15.3. The van der Waals surface area contributed by atoms with Crippen LogP contribution < -0.4 is 19.3 Å². The van der Waals surface area contributed by atoms with Crippen molar-refractivity contribution in [3.8, 4) is 17.2 Å². The van der Waals surface area contributed by atoms with E-state index in [4.69, 9.17) is 4.74 Å². The fourth-order valence-corrected chi connectivity index (χ4v) is 5.37. The second kappa shape index (κ2) is 13.0. The Labute approximate surface area is 235 Å². The molecule has 0 saturated carbocycles. The summed E-state index contributed by atoms with van der Waals surface area (Å²) in [5.41, 5.74) is 0.765. The number of carbonyl (C=O) groups excluding carboxylic acids is 1. The summed E-state index contributed by atoms with van der Waals surface area (Å²) in [7, 11) is -9.29. The molecule has 0 aliphatic carbocycles. The highest BCUT2D eigenvalue weighted by atomic mass is 32.2. The number of para-hydroxylation sites is 1. The zero-order valence-corrected chi connectivity index (χ0v) is 23.0. The predicted molar refractivity (Wildman–Crippen MR) is 149 cm³/mol. The fourth-order valence-electron chi connectivity index (χ4n) is 3.65. The first-order chi connectivity index (χ1) is 19.5. The molecule has 214 valence electrons. The largest absolute Gasteiger partial charge is 0.457 e. The maximum absolute atomic E-state index is 13.4. The van der Waals surface area contributed by atoms with Crippen LogP contribution >= 0.6 is 7.60 Å². The Morgan fingerprint density at radius 1 is 0.829 bits per heavy atom. The van der Waals surface area contributed by atoms with Crippen molar-refractivity contribution < 1.29 is 40.7 Å². The third kappa shape index (κ3) is 8.45. The number of alkyl halides is 2. The van der Waals surface area contributed by atoms with Crippen LogP contribution in [-0.2, 0) is 25.8 Å². The third-order valence-corrected chi connectivity index (χ3v) is 8.05. The maximum atomic E-state index is 13.4. The molecule has 1 unspecified atom stereocenters. The van der Waals surface area contributed by atoms with Gasteiger partial charge in [0.25, 0.3) is 0 Å². The highest BCUT2D eigenvalue weighted by Crippen LogP contribution is 2.48. The molecule has 0 saturated heterocycles. The van der Waals surface area contributed by atoms with E-state index in [1.165, 1.54) is 36.4 Å². The van der Waals surface area contributed by atoms with Crippen molar-refractivity contribution in [3.05, 3.63) is 115 Å². The van der Waals surface area contributed by atoms with E-state index in [0.717, 1.165) is 0 Å². The SMILES string of the molecule is O=C(Nc1cccc(Oc2ccccc2)c1)[C@H](Cc1ccc(OP(=O)(O)C(F)F)cc1)NS(=O)(=O)c1ccccc1. The van der Waals surface area contributed by atoms with E-state index >= 15 is 0 Å². The minimum Gasteiger partial charge on any atom is -0.457 e. The van der Waals surface area contributed by atoms with Gasteiger partial charge in [0.15, 0.2) is 0 Å². The van der Waals surface area contributed by atoms with E-state index in [1.807, 2.05) is 18.2 Å². The number of hydrogen-bond donors (Lipinski definition) is 3. The molecule has 0 heterocycles. The van der Waals surface area contributed by atoms with Gasteiger partial charge in [0.1, 0.15) is 23.3 Å². The molecule has 0 aromatic heterocycles. The summed E-state index contributed by atoms with van der Waals surface area (Å²) in [6.45, 7) is 0. The molecule has 0 spiro atoms. The molecule has 0 aliphatic heterocycles. The van der Waals surface area contributed by atoms with Crippen LogP contribution in [0, 0.1) is 0 Å². The Morgan fingerprint density at radius 2 is 1.44 bits per heavy atom. The van der Waals surface area contributed by atoms with Crippen LogP contribution in [0.4, 0.5) is 14.5 Å². The molecule has 0 fully saturated rings. The van der Waals surface area contributed by atoms with Crippen LogP contribution in [0.2, 0.25) is 0 Å². The van der Waals surface area contributed by atoms with Gasteiger partial charge in [-0.15, -0.1) is 0 Å². The molecule has 2 atom stereocenters. The van der Waals surface area contributed by atoms with E-state index < -0.39 is 35.7 Å². The molecule has 0 aliphatic rings. The van der Waals surface area contributed by atoms with Gasteiger partial charge >= 0.3 is 13.8 Å². The lowest BCUT2D eigenvalue weighted by atomic mass is 10.1. The Balaban J connectivity index is 1.54. The average molecular weight is 603 g/mol. The van der Waals surface area contributed by atoms with E-state index in [1.54, 1.807) is 54.6 Å². The molecule has 13 heteroatoms. The number of amides is 1. The smallest absolute Gasteiger partial charge is 0.442 e. The summed E-state index contributed by atoms with van der Waals surface area (Å²) in [6.07, 6.45) is -3.73. The zero-order chi connectivity index (χ0) is 29.5. The van der Waals surface area contributed by atoms with Crippen LogP contribution in [0.15, 0.2) is 114 Å². The maximum Gasteiger partial charge on any atom is 0.442 e. The fraction of sp³-hybridized carbons (Fsp3) is 0.107. The van der Waals surface area contributed by atoms with Crippen LogP contribution in [0.3, 0.4) is 0 Å². The van der Waals surface area contributed by atoms with Gasteiger partial charge in [-0.25, -0.2) is 13.0 Å². The summed E-state index contributed by atoms with van der Waals surface area (Å²) in [5, 5.41) is 2.69. The average Bonchev–Trinajstić information content (AvgIpc) is 2.94. The number of halogens is 2. The normalized spacial score (nSPS) is 13.7. The monoisotopic (exact) mass is 602 g/mol. The summed E-state index contributed by atoms with van der Waals surface area (Å²) in [4.78, 5) is 22.6. The number of ether oxygens (including phenoxy) is 1. The summed E-state index contributed by atoms with van der Waals surface area (Å²) in [6, 6.07) is 26.8. The second-order valence-electron chi connectivity index (χ2n) is 8.70. The molecule has 4 aromatic rings.